The topological polar surface area (TPSA) is 32.3 Å². The molecular weight excluding hydrogens is 297 g/mol. The van der Waals surface area contributed by atoms with Crippen LogP contribution in [0.3, 0.4) is 0 Å². The Morgan fingerprint density at radius 2 is 1.89 bits per heavy atom. The molecule has 0 aliphatic carbocycles. The number of hydrogen-bond donors (Lipinski definition) is 2. The summed E-state index contributed by atoms with van der Waals surface area (Å²) in [5.41, 5.74) is 1.62. The number of anilines is 1. The SMILES string of the molecule is OC(CNc1ccc(F)c(Br)c1)c1ccccc1. The van der Waals surface area contributed by atoms with Crippen LogP contribution in [0.4, 0.5) is 10.1 Å². The lowest BCUT2D eigenvalue weighted by atomic mass is 10.1. The maximum absolute atomic E-state index is 13.0. The van der Waals surface area contributed by atoms with Crippen molar-refractivity contribution < 1.29 is 9.50 Å². The number of halogens is 2. The normalized spacial score (nSPS) is 12.2. The van der Waals surface area contributed by atoms with Gasteiger partial charge in [0.2, 0.25) is 0 Å². The predicted molar refractivity (Wildman–Crippen MR) is 74.0 cm³/mol. The first kappa shape index (κ1) is 13.1. The molecule has 1 unspecified atom stereocenters. The second kappa shape index (κ2) is 5.98. The van der Waals surface area contributed by atoms with Crippen LogP contribution in [-0.2, 0) is 0 Å². The minimum absolute atomic E-state index is 0.302. The van der Waals surface area contributed by atoms with Crippen LogP contribution in [0.1, 0.15) is 11.7 Å². The molecule has 94 valence electrons. The molecule has 0 aromatic heterocycles. The highest BCUT2D eigenvalue weighted by atomic mass is 79.9. The summed E-state index contributed by atoms with van der Waals surface area (Å²) in [4.78, 5) is 0. The van der Waals surface area contributed by atoms with Gasteiger partial charge in [0.05, 0.1) is 10.6 Å². The van der Waals surface area contributed by atoms with Crippen molar-refractivity contribution in [1.29, 1.82) is 0 Å². The number of aliphatic hydroxyl groups is 1. The Morgan fingerprint density at radius 3 is 2.56 bits per heavy atom. The van der Waals surface area contributed by atoms with Gasteiger partial charge in [0.25, 0.3) is 0 Å². The molecule has 0 aliphatic heterocycles. The molecule has 0 saturated carbocycles. The second-order valence-corrected chi connectivity index (χ2v) is 4.79. The van der Waals surface area contributed by atoms with Gasteiger partial charge in [-0.25, -0.2) is 4.39 Å². The Labute approximate surface area is 114 Å². The quantitative estimate of drug-likeness (QED) is 0.902. The summed E-state index contributed by atoms with van der Waals surface area (Å²) in [6.07, 6.45) is -0.588. The zero-order chi connectivity index (χ0) is 13.0. The molecular formula is C14H13BrFNO. The van der Waals surface area contributed by atoms with Crippen molar-refractivity contribution in [1.82, 2.24) is 0 Å². The van der Waals surface area contributed by atoms with E-state index in [-0.39, 0.29) is 5.82 Å². The highest BCUT2D eigenvalue weighted by Crippen LogP contribution is 2.21. The number of hydrogen-bond acceptors (Lipinski definition) is 2. The standard InChI is InChI=1S/C14H13BrFNO/c15-12-8-11(6-7-13(12)16)17-9-14(18)10-4-2-1-3-5-10/h1-8,14,17-18H,9H2. The van der Waals surface area contributed by atoms with Crippen molar-refractivity contribution in [2.45, 2.75) is 6.10 Å². The molecule has 2 nitrogen and oxygen atoms in total. The average molecular weight is 310 g/mol. The average Bonchev–Trinajstić information content (AvgIpc) is 2.41. The monoisotopic (exact) mass is 309 g/mol. The fraction of sp³-hybridized carbons (Fsp3) is 0.143. The van der Waals surface area contributed by atoms with E-state index in [2.05, 4.69) is 21.2 Å². The van der Waals surface area contributed by atoms with Crippen LogP contribution in [0.5, 0.6) is 0 Å². The fourth-order valence-electron chi connectivity index (χ4n) is 1.61. The minimum Gasteiger partial charge on any atom is -0.387 e. The van der Waals surface area contributed by atoms with Crippen LogP contribution >= 0.6 is 15.9 Å². The third-order valence-electron chi connectivity index (χ3n) is 2.60. The Bertz CT molecular complexity index is 518. The van der Waals surface area contributed by atoms with E-state index in [1.807, 2.05) is 30.3 Å². The van der Waals surface area contributed by atoms with Gasteiger partial charge in [-0.05, 0) is 39.7 Å². The molecule has 0 saturated heterocycles. The van der Waals surface area contributed by atoms with Crippen LogP contribution in [-0.4, -0.2) is 11.7 Å². The zero-order valence-electron chi connectivity index (χ0n) is 9.61. The fourth-order valence-corrected chi connectivity index (χ4v) is 1.99. The first-order chi connectivity index (χ1) is 8.66. The van der Waals surface area contributed by atoms with Gasteiger partial charge in [-0.15, -0.1) is 0 Å². The summed E-state index contributed by atoms with van der Waals surface area (Å²) in [7, 11) is 0. The Hall–Kier alpha value is -1.39. The van der Waals surface area contributed by atoms with E-state index in [1.165, 1.54) is 6.07 Å². The molecule has 2 aromatic rings. The van der Waals surface area contributed by atoms with Crippen LogP contribution in [0, 0.1) is 5.82 Å². The molecule has 0 spiro atoms. The van der Waals surface area contributed by atoms with Crippen molar-refractivity contribution in [2.75, 3.05) is 11.9 Å². The van der Waals surface area contributed by atoms with Crippen molar-refractivity contribution in [3.8, 4) is 0 Å². The van der Waals surface area contributed by atoms with Gasteiger partial charge >= 0.3 is 0 Å². The van der Waals surface area contributed by atoms with Crippen LogP contribution in [0.2, 0.25) is 0 Å². The largest absolute Gasteiger partial charge is 0.387 e. The first-order valence-corrected chi connectivity index (χ1v) is 6.38. The molecule has 0 fully saturated rings. The molecule has 0 bridgehead atoms. The summed E-state index contributed by atoms with van der Waals surface area (Å²) in [6, 6.07) is 14.1. The van der Waals surface area contributed by atoms with Crippen molar-refractivity contribution in [3.05, 3.63) is 64.4 Å². The molecule has 0 radical (unpaired) electrons. The van der Waals surface area contributed by atoms with Crippen molar-refractivity contribution in [2.24, 2.45) is 0 Å². The maximum Gasteiger partial charge on any atom is 0.137 e. The van der Waals surface area contributed by atoms with Gasteiger partial charge in [-0.2, -0.15) is 0 Å². The van der Waals surface area contributed by atoms with Crippen LogP contribution < -0.4 is 5.32 Å². The van der Waals surface area contributed by atoms with Crippen molar-refractivity contribution >= 4 is 21.6 Å². The van der Waals surface area contributed by atoms with Gasteiger partial charge in [0.1, 0.15) is 5.82 Å². The molecule has 2 rings (SSSR count). The van der Waals surface area contributed by atoms with Crippen molar-refractivity contribution in [3.63, 3.8) is 0 Å². The van der Waals surface area contributed by atoms with E-state index in [1.54, 1.807) is 12.1 Å². The highest BCUT2D eigenvalue weighted by Gasteiger charge is 2.07. The van der Waals surface area contributed by atoms with E-state index >= 15 is 0 Å². The number of rotatable bonds is 4. The van der Waals surface area contributed by atoms with E-state index in [0.29, 0.717) is 11.0 Å². The minimum atomic E-state index is -0.588. The first-order valence-electron chi connectivity index (χ1n) is 5.59. The molecule has 4 heteroatoms. The van der Waals surface area contributed by atoms with E-state index in [9.17, 15) is 9.50 Å². The summed E-state index contributed by atoms with van der Waals surface area (Å²) < 4.78 is 13.4. The van der Waals surface area contributed by atoms with Gasteiger partial charge in [0.15, 0.2) is 0 Å². The summed E-state index contributed by atoms with van der Waals surface area (Å²) in [5, 5.41) is 13.0. The number of benzene rings is 2. The van der Waals surface area contributed by atoms with Gasteiger partial charge in [0, 0.05) is 12.2 Å². The van der Waals surface area contributed by atoms with Gasteiger partial charge in [-0.1, -0.05) is 30.3 Å². The van der Waals surface area contributed by atoms with Gasteiger partial charge in [-0.3, -0.25) is 0 Å². The summed E-state index contributed by atoms with van der Waals surface area (Å²) in [6.45, 7) is 0.377. The summed E-state index contributed by atoms with van der Waals surface area (Å²) >= 11 is 3.12. The lowest BCUT2D eigenvalue weighted by Gasteiger charge is -2.13. The molecule has 0 aliphatic rings. The molecule has 0 heterocycles. The third-order valence-corrected chi connectivity index (χ3v) is 3.21. The molecule has 1 atom stereocenters. The molecule has 2 aromatic carbocycles. The van der Waals surface area contributed by atoms with E-state index < -0.39 is 6.10 Å². The smallest absolute Gasteiger partial charge is 0.137 e. The lowest BCUT2D eigenvalue weighted by molar-refractivity contribution is 0.191. The highest BCUT2D eigenvalue weighted by molar-refractivity contribution is 9.10. The zero-order valence-corrected chi connectivity index (χ0v) is 11.2. The van der Waals surface area contributed by atoms with E-state index in [4.69, 9.17) is 0 Å². The van der Waals surface area contributed by atoms with Crippen LogP contribution in [0.25, 0.3) is 0 Å². The Kier molecular flexibility index (Phi) is 4.33. The third kappa shape index (κ3) is 3.31. The summed E-state index contributed by atoms with van der Waals surface area (Å²) in [5.74, 6) is -0.302. The predicted octanol–water partition coefficient (Wildman–Crippen LogP) is 3.73. The Balaban J connectivity index is 1.97. The number of nitrogens with one attached hydrogen (secondary N) is 1. The van der Waals surface area contributed by atoms with E-state index in [0.717, 1.165) is 11.3 Å². The molecule has 18 heavy (non-hydrogen) atoms. The van der Waals surface area contributed by atoms with Crippen LogP contribution in [0.15, 0.2) is 53.0 Å². The number of aliphatic hydroxyl groups excluding tert-OH is 1. The Morgan fingerprint density at radius 1 is 1.17 bits per heavy atom. The van der Waals surface area contributed by atoms with Gasteiger partial charge < -0.3 is 10.4 Å². The lowest BCUT2D eigenvalue weighted by Crippen LogP contribution is -2.12. The molecule has 0 amide bonds. The second-order valence-electron chi connectivity index (χ2n) is 3.94. The molecule has 2 N–H and O–H groups in total. The maximum atomic E-state index is 13.0.